The van der Waals surface area contributed by atoms with Crippen molar-refractivity contribution in [3.63, 3.8) is 0 Å². The number of hydrogen-bond acceptors (Lipinski definition) is 4. The standard InChI is InChI=1S/C21H17N3O/c25-21(17-12-6-2-7-13-17)19-20(16-10-4-1-5-11-16)24(23-22-19)18-14-8-3-9-15-18/h1-15,19-20H. The van der Waals surface area contributed by atoms with Crippen molar-refractivity contribution in [3.05, 3.63) is 102 Å². The molecule has 1 aliphatic heterocycles. The van der Waals surface area contributed by atoms with Crippen LogP contribution >= 0.6 is 0 Å². The van der Waals surface area contributed by atoms with Crippen molar-refractivity contribution in [2.45, 2.75) is 12.1 Å². The van der Waals surface area contributed by atoms with Gasteiger partial charge >= 0.3 is 0 Å². The lowest BCUT2D eigenvalue weighted by Gasteiger charge is -2.25. The van der Waals surface area contributed by atoms with E-state index in [9.17, 15) is 4.79 Å². The van der Waals surface area contributed by atoms with Crippen molar-refractivity contribution < 1.29 is 4.79 Å². The molecular formula is C21H17N3O. The van der Waals surface area contributed by atoms with Crippen LogP contribution in [0.4, 0.5) is 5.69 Å². The van der Waals surface area contributed by atoms with Gasteiger partial charge in [-0.3, -0.25) is 4.79 Å². The molecule has 4 rings (SSSR count). The molecule has 0 aliphatic carbocycles. The molecule has 2 unspecified atom stereocenters. The number of ketones is 1. The number of benzene rings is 3. The Bertz CT molecular complexity index is 879. The number of para-hydroxylation sites is 1. The molecule has 0 N–H and O–H groups in total. The van der Waals surface area contributed by atoms with E-state index < -0.39 is 6.04 Å². The summed E-state index contributed by atoms with van der Waals surface area (Å²) in [6.45, 7) is 0. The second-order valence-corrected chi connectivity index (χ2v) is 5.92. The molecule has 3 aromatic rings. The summed E-state index contributed by atoms with van der Waals surface area (Å²) in [4.78, 5) is 13.0. The molecule has 1 aliphatic rings. The van der Waals surface area contributed by atoms with Crippen molar-refractivity contribution in [2.24, 2.45) is 10.3 Å². The first-order valence-electron chi connectivity index (χ1n) is 8.24. The van der Waals surface area contributed by atoms with Crippen LogP contribution in [-0.2, 0) is 0 Å². The maximum atomic E-state index is 13.0. The Balaban J connectivity index is 1.74. The van der Waals surface area contributed by atoms with Crippen LogP contribution in [0.1, 0.15) is 22.0 Å². The number of hydrogen-bond donors (Lipinski definition) is 0. The van der Waals surface area contributed by atoms with E-state index in [4.69, 9.17) is 0 Å². The van der Waals surface area contributed by atoms with Gasteiger partial charge in [-0.25, -0.2) is 5.01 Å². The molecule has 25 heavy (non-hydrogen) atoms. The quantitative estimate of drug-likeness (QED) is 0.642. The van der Waals surface area contributed by atoms with E-state index in [1.165, 1.54) is 0 Å². The molecule has 2 atom stereocenters. The van der Waals surface area contributed by atoms with E-state index in [0.29, 0.717) is 5.56 Å². The average molecular weight is 327 g/mol. The third-order valence-electron chi connectivity index (χ3n) is 4.32. The summed E-state index contributed by atoms with van der Waals surface area (Å²) in [6, 6.07) is 28.2. The Kier molecular flexibility index (Phi) is 4.09. The van der Waals surface area contributed by atoms with Crippen LogP contribution in [0.15, 0.2) is 101 Å². The number of carbonyl (C=O) groups excluding carboxylic acids is 1. The summed E-state index contributed by atoms with van der Waals surface area (Å²) < 4.78 is 0. The SMILES string of the molecule is O=C(c1ccccc1)C1N=NN(c2ccccc2)C1c1ccccc1. The van der Waals surface area contributed by atoms with Crippen LogP contribution in [0.25, 0.3) is 0 Å². The van der Waals surface area contributed by atoms with Gasteiger partial charge in [-0.05, 0) is 17.7 Å². The highest BCUT2D eigenvalue weighted by molar-refractivity contribution is 6.01. The van der Waals surface area contributed by atoms with Gasteiger partial charge in [-0.15, -0.1) is 0 Å². The third-order valence-corrected chi connectivity index (χ3v) is 4.32. The summed E-state index contributed by atoms with van der Waals surface area (Å²) in [5.74, 6) is -0.0170. The van der Waals surface area contributed by atoms with Crippen LogP contribution in [0, 0.1) is 0 Å². The van der Waals surface area contributed by atoms with E-state index in [-0.39, 0.29) is 11.8 Å². The van der Waals surface area contributed by atoms with Gasteiger partial charge in [0, 0.05) is 5.56 Å². The van der Waals surface area contributed by atoms with E-state index >= 15 is 0 Å². The first-order chi connectivity index (χ1) is 12.3. The van der Waals surface area contributed by atoms with Crippen LogP contribution < -0.4 is 5.01 Å². The number of nitrogens with zero attached hydrogens (tertiary/aromatic N) is 3. The smallest absolute Gasteiger partial charge is 0.191 e. The Hall–Kier alpha value is -3.27. The Morgan fingerprint density at radius 3 is 1.96 bits per heavy atom. The fourth-order valence-corrected chi connectivity index (χ4v) is 3.10. The normalized spacial score (nSPS) is 19.1. The highest BCUT2D eigenvalue weighted by atomic mass is 16.1. The van der Waals surface area contributed by atoms with Gasteiger partial charge < -0.3 is 0 Å². The molecule has 0 spiro atoms. The van der Waals surface area contributed by atoms with Gasteiger partial charge in [-0.2, -0.15) is 5.11 Å². The topological polar surface area (TPSA) is 45.0 Å². The van der Waals surface area contributed by atoms with Gasteiger partial charge in [0.1, 0.15) is 6.04 Å². The van der Waals surface area contributed by atoms with Crippen molar-refractivity contribution >= 4 is 11.5 Å². The maximum Gasteiger partial charge on any atom is 0.191 e. The number of Topliss-reactive ketones (excluding diaryl/α,β-unsaturated/α-hetero) is 1. The van der Waals surface area contributed by atoms with Crippen LogP contribution in [0.2, 0.25) is 0 Å². The highest BCUT2D eigenvalue weighted by Gasteiger charge is 2.39. The molecular weight excluding hydrogens is 310 g/mol. The summed E-state index contributed by atoms with van der Waals surface area (Å²) in [5, 5.41) is 10.5. The fourth-order valence-electron chi connectivity index (χ4n) is 3.10. The summed E-state index contributed by atoms with van der Waals surface area (Å²) in [5.41, 5.74) is 2.59. The molecule has 3 aromatic carbocycles. The monoisotopic (exact) mass is 327 g/mol. The molecule has 0 aromatic heterocycles. The molecule has 0 bridgehead atoms. The van der Waals surface area contributed by atoms with Crippen LogP contribution in [0.3, 0.4) is 0 Å². The van der Waals surface area contributed by atoms with E-state index in [1.807, 2.05) is 96.0 Å². The summed E-state index contributed by atoms with van der Waals surface area (Å²) >= 11 is 0. The molecule has 4 nitrogen and oxygen atoms in total. The van der Waals surface area contributed by atoms with Crippen molar-refractivity contribution in [3.8, 4) is 0 Å². The Labute approximate surface area is 146 Å². The zero-order valence-corrected chi connectivity index (χ0v) is 13.6. The zero-order valence-electron chi connectivity index (χ0n) is 13.6. The van der Waals surface area contributed by atoms with E-state index in [2.05, 4.69) is 10.3 Å². The van der Waals surface area contributed by atoms with Crippen molar-refractivity contribution in [1.82, 2.24) is 0 Å². The highest BCUT2D eigenvalue weighted by Crippen LogP contribution is 2.37. The van der Waals surface area contributed by atoms with Gasteiger partial charge in [-0.1, -0.05) is 84.1 Å². The minimum atomic E-state index is -0.565. The minimum absolute atomic E-state index is 0.0170. The van der Waals surface area contributed by atoms with Crippen LogP contribution in [0.5, 0.6) is 0 Å². The molecule has 0 saturated heterocycles. The summed E-state index contributed by atoms with van der Waals surface area (Å²) in [7, 11) is 0. The second-order valence-electron chi connectivity index (χ2n) is 5.92. The molecule has 0 fully saturated rings. The second kappa shape index (κ2) is 6.69. The van der Waals surface area contributed by atoms with E-state index in [1.54, 1.807) is 0 Å². The van der Waals surface area contributed by atoms with Crippen LogP contribution in [-0.4, -0.2) is 11.8 Å². The zero-order chi connectivity index (χ0) is 17.1. The van der Waals surface area contributed by atoms with Crippen molar-refractivity contribution in [1.29, 1.82) is 0 Å². The number of carbonyl (C=O) groups is 1. The first kappa shape index (κ1) is 15.3. The first-order valence-corrected chi connectivity index (χ1v) is 8.24. The molecule has 0 saturated carbocycles. The fraction of sp³-hybridized carbons (Fsp3) is 0.0952. The predicted molar refractivity (Wildman–Crippen MR) is 97.5 cm³/mol. The number of rotatable bonds is 4. The molecule has 0 radical (unpaired) electrons. The molecule has 1 heterocycles. The van der Waals surface area contributed by atoms with Gasteiger partial charge in [0.25, 0.3) is 0 Å². The summed E-state index contributed by atoms with van der Waals surface area (Å²) in [6.07, 6.45) is 0. The minimum Gasteiger partial charge on any atom is -0.292 e. The lowest BCUT2D eigenvalue weighted by molar-refractivity contribution is 0.0955. The van der Waals surface area contributed by atoms with Gasteiger partial charge in [0.2, 0.25) is 0 Å². The van der Waals surface area contributed by atoms with E-state index in [0.717, 1.165) is 11.3 Å². The Morgan fingerprint density at radius 2 is 1.32 bits per heavy atom. The largest absolute Gasteiger partial charge is 0.292 e. The molecule has 0 amide bonds. The van der Waals surface area contributed by atoms with Gasteiger partial charge in [0.15, 0.2) is 11.8 Å². The molecule has 122 valence electrons. The Morgan fingerprint density at radius 1 is 0.760 bits per heavy atom. The van der Waals surface area contributed by atoms with Gasteiger partial charge in [0.05, 0.1) is 5.69 Å². The lowest BCUT2D eigenvalue weighted by Crippen LogP contribution is -2.32. The predicted octanol–water partition coefficient (Wildman–Crippen LogP) is 4.87. The third kappa shape index (κ3) is 2.94. The maximum absolute atomic E-state index is 13.0. The molecule has 4 heteroatoms. The lowest BCUT2D eigenvalue weighted by atomic mass is 9.93. The van der Waals surface area contributed by atoms with Crippen molar-refractivity contribution in [2.75, 3.05) is 5.01 Å². The average Bonchev–Trinajstić information content (AvgIpc) is 3.14. The number of anilines is 1.